The molecule has 0 aliphatic carbocycles. The summed E-state index contributed by atoms with van der Waals surface area (Å²) in [5.74, 6) is 0.466. The number of nitrogens with two attached hydrogens (primary N) is 1. The summed E-state index contributed by atoms with van der Waals surface area (Å²) in [6.45, 7) is 2.06. The molecule has 0 spiro atoms. The number of halogens is 1. The van der Waals surface area contributed by atoms with E-state index in [4.69, 9.17) is 21.9 Å². The second kappa shape index (κ2) is 5.05. The van der Waals surface area contributed by atoms with Crippen molar-refractivity contribution >= 4 is 23.3 Å². The zero-order valence-corrected chi connectivity index (χ0v) is 10.4. The molecule has 1 amide bonds. The van der Waals surface area contributed by atoms with Crippen LogP contribution in [0.3, 0.4) is 0 Å². The average Bonchev–Trinajstić information content (AvgIpc) is 2.75. The summed E-state index contributed by atoms with van der Waals surface area (Å²) in [6.07, 6.45) is 1.36. The minimum absolute atomic E-state index is 0.194. The maximum Gasteiger partial charge on any atom is 0.253 e. The van der Waals surface area contributed by atoms with Gasteiger partial charge in [0.15, 0.2) is 5.76 Å². The van der Waals surface area contributed by atoms with Gasteiger partial charge in [-0.15, -0.1) is 0 Å². The fraction of sp³-hybridized carbons (Fsp3) is 0.182. The molecular formula is C11H11ClN4O2. The lowest BCUT2D eigenvalue weighted by atomic mass is 10.2. The van der Waals surface area contributed by atoms with E-state index >= 15 is 0 Å². The molecule has 3 N–H and O–H groups in total. The minimum Gasteiger partial charge on any atom is -0.382 e. The van der Waals surface area contributed by atoms with Crippen LogP contribution in [0.4, 0.5) is 5.82 Å². The van der Waals surface area contributed by atoms with Crippen molar-refractivity contribution in [3.8, 4) is 0 Å². The van der Waals surface area contributed by atoms with Gasteiger partial charge in [-0.25, -0.2) is 4.98 Å². The van der Waals surface area contributed by atoms with E-state index in [0.717, 1.165) is 5.69 Å². The Hall–Kier alpha value is -2.08. The van der Waals surface area contributed by atoms with Crippen LogP contribution in [0.2, 0.25) is 5.02 Å². The van der Waals surface area contributed by atoms with Crippen molar-refractivity contribution in [2.45, 2.75) is 13.5 Å². The molecular weight excluding hydrogens is 256 g/mol. The number of rotatable bonds is 3. The number of carbonyl (C=O) groups is 1. The highest BCUT2D eigenvalue weighted by Crippen LogP contribution is 2.16. The molecule has 0 atom stereocenters. The lowest BCUT2D eigenvalue weighted by Crippen LogP contribution is -2.22. The predicted octanol–water partition coefficient (Wildman–Crippen LogP) is 1.54. The number of carbonyl (C=O) groups excluding carboxylic acids is 1. The Morgan fingerprint density at radius 1 is 1.56 bits per heavy atom. The van der Waals surface area contributed by atoms with Gasteiger partial charge < -0.3 is 15.6 Å². The fourth-order valence-electron chi connectivity index (χ4n) is 1.34. The number of hydrogen-bond acceptors (Lipinski definition) is 5. The van der Waals surface area contributed by atoms with Gasteiger partial charge in [0.05, 0.1) is 22.8 Å². The van der Waals surface area contributed by atoms with Crippen molar-refractivity contribution in [2.24, 2.45) is 0 Å². The second-order valence-corrected chi connectivity index (χ2v) is 4.12. The zero-order chi connectivity index (χ0) is 13.1. The predicted molar refractivity (Wildman–Crippen MR) is 66.1 cm³/mol. The van der Waals surface area contributed by atoms with Gasteiger partial charge in [0.1, 0.15) is 5.82 Å². The number of nitrogens with one attached hydrogen (secondary N) is 1. The van der Waals surface area contributed by atoms with Gasteiger partial charge in [-0.2, -0.15) is 0 Å². The van der Waals surface area contributed by atoms with Crippen LogP contribution < -0.4 is 11.1 Å². The molecule has 2 heterocycles. The van der Waals surface area contributed by atoms with E-state index in [1.165, 1.54) is 12.3 Å². The third-order valence-electron chi connectivity index (χ3n) is 2.23. The molecule has 7 heteroatoms. The minimum atomic E-state index is -0.307. The van der Waals surface area contributed by atoms with Gasteiger partial charge in [-0.3, -0.25) is 4.79 Å². The SMILES string of the molecule is Cc1cc(CNC(=O)c2cnc(N)c(Cl)c2)on1. The van der Waals surface area contributed by atoms with E-state index in [1.54, 1.807) is 13.0 Å². The molecule has 0 unspecified atom stereocenters. The number of pyridine rings is 1. The third-order valence-corrected chi connectivity index (χ3v) is 2.53. The van der Waals surface area contributed by atoms with E-state index in [9.17, 15) is 4.79 Å². The molecule has 18 heavy (non-hydrogen) atoms. The number of anilines is 1. The number of nitrogens with zero attached hydrogens (tertiary/aromatic N) is 2. The molecule has 2 aromatic rings. The molecule has 0 radical (unpaired) electrons. The molecule has 0 bridgehead atoms. The van der Waals surface area contributed by atoms with Gasteiger partial charge in [0.2, 0.25) is 0 Å². The summed E-state index contributed by atoms with van der Waals surface area (Å²) in [4.78, 5) is 15.6. The van der Waals surface area contributed by atoms with Crippen LogP contribution in [0.1, 0.15) is 21.8 Å². The summed E-state index contributed by atoms with van der Waals surface area (Å²) >= 11 is 5.78. The van der Waals surface area contributed by atoms with Crippen LogP contribution in [0.25, 0.3) is 0 Å². The van der Waals surface area contributed by atoms with E-state index in [2.05, 4.69) is 15.5 Å². The van der Waals surface area contributed by atoms with Crippen molar-refractivity contribution in [3.63, 3.8) is 0 Å². The van der Waals surface area contributed by atoms with Crippen molar-refractivity contribution in [1.29, 1.82) is 0 Å². The van der Waals surface area contributed by atoms with Gasteiger partial charge >= 0.3 is 0 Å². The Morgan fingerprint density at radius 2 is 2.33 bits per heavy atom. The fourth-order valence-corrected chi connectivity index (χ4v) is 1.51. The number of hydrogen-bond donors (Lipinski definition) is 2. The van der Waals surface area contributed by atoms with Crippen molar-refractivity contribution in [1.82, 2.24) is 15.5 Å². The molecule has 0 saturated heterocycles. The maximum absolute atomic E-state index is 11.8. The molecule has 0 fully saturated rings. The van der Waals surface area contributed by atoms with Gasteiger partial charge in [0, 0.05) is 12.3 Å². The Labute approximate surface area is 108 Å². The normalized spacial score (nSPS) is 10.3. The van der Waals surface area contributed by atoms with Crippen LogP contribution in [0.15, 0.2) is 22.9 Å². The first-order chi connectivity index (χ1) is 8.56. The van der Waals surface area contributed by atoms with Crippen molar-refractivity contribution in [2.75, 3.05) is 5.73 Å². The number of nitrogen functional groups attached to an aromatic ring is 1. The zero-order valence-electron chi connectivity index (χ0n) is 9.61. The lowest BCUT2D eigenvalue weighted by Gasteiger charge is -2.03. The second-order valence-electron chi connectivity index (χ2n) is 3.71. The van der Waals surface area contributed by atoms with E-state index < -0.39 is 0 Å². The van der Waals surface area contributed by atoms with Gasteiger partial charge in [0.25, 0.3) is 5.91 Å². The largest absolute Gasteiger partial charge is 0.382 e. The molecule has 2 aromatic heterocycles. The molecule has 2 rings (SSSR count). The lowest BCUT2D eigenvalue weighted by molar-refractivity contribution is 0.0946. The summed E-state index contributed by atoms with van der Waals surface area (Å²) in [5, 5.41) is 6.63. The standard InChI is InChI=1S/C11H11ClN4O2/c1-6-2-8(18-16-6)5-15-11(17)7-3-9(12)10(13)14-4-7/h2-4H,5H2,1H3,(H2,13,14)(H,15,17). The third kappa shape index (κ3) is 2.78. The maximum atomic E-state index is 11.8. The van der Waals surface area contributed by atoms with Gasteiger partial charge in [-0.1, -0.05) is 16.8 Å². The van der Waals surface area contributed by atoms with Crippen molar-refractivity contribution < 1.29 is 9.32 Å². The highest BCUT2D eigenvalue weighted by molar-refractivity contribution is 6.33. The van der Waals surface area contributed by atoms with Crippen molar-refractivity contribution in [3.05, 3.63) is 40.4 Å². The van der Waals surface area contributed by atoms with E-state index in [0.29, 0.717) is 11.3 Å². The number of aryl methyl sites for hydroxylation is 1. The van der Waals surface area contributed by atoms with E-state index in [1.807, 2.05) is 0 Å². The summed E-state index contributed by atoms with van der Waals surface area (Å²) < 4.78 is 4.97. The van der Waals surface area contributed by atoms with Crippen LogP contribution in [0, 0.1) is 6.92 Å². The summed E-state index contributed by atoms with van der Waals surface area (Å²) in [7, 11) is 0. The number of amides is 1. The molecule has 94 valence electrons. The first-order valence-corrected chi connectivity index (χ1v) is 5.55. The first-order valence-electron chi connectivity index (χ1n) is 5.17. The molecule has 0 aromatic carbocycles. The smallest absolute Gasteiger partial charge is 0.253 e. The van der Waals surface area contributed by atoms with Crippen LogP contribution in [0.5, 0.6) is 0 Å². The Bertz CT molecular complexity index is 582. The topological polar surface area (TPSA) is 94.0 Å². The Kier molecular flexibility index (Phi) is 3.47. The Balaban J connectivity index is 2.01. The Morgan fingerprint density at radius 3 is 2.94 bits per heavy atom. The monoisotopic (exact) mass is 266 g/mol. The van der Waals surface area contributed by atoms with Gasteiger partial charge in [-0.05, 0) is 13.0 Å². The van der Waals surface area contributed by atoms with Crippen LogP contribution >= 0.6 is 11.6 Å². The molecule has 0 aliphatic heterocycles. The van der Waals surface area contributed by atoms with Crippen LogP contribution in [-0.2, 0) is 6.54 Å². The first kappa shape index (κ1) is 12.4. The highest BCUT2D eigenvalue weighted by atomic mass is 35.5. The highest BCUT2D eigenvalue weighted by Gasteiger charge is 2.09. The molecule has 0 aliphatic rings. The quantitative estimate of drug-likeness (QED) is 0.879. The van der Waals surface area contributed by atoms with E-state index in [-0.39, 0.29) is 23.3 Å². The summed E-state index contributed by atoms with van der Waals surface area (Å²) in [5.41, 5.74) is 6.56. The molecule has 0 saturated carbocycles. The van der Waals surface area contributed by atoms with Crippen LogP contribution in [-0.4, -0.2) is 16.0 Å². The number of aromatic nitrogens is 2. The average molecular weight is 267 g/mol. The molecule has 6 nitrogen and oxygen atoms in total. The summed E-state index contributed by atoms with van der Waals surface area (Å²) in [6, 6.07) is 3.21.